The fourth-order valence-corrected chi connectivity index (χ4v) is 4.12. The molecule has 2 aromatic heterocycles. The van der Waals surface area contributed by atoms with Crippen molar-refractivity contribution in [2.75, 3.05) is 12.0 Å². The van der Waals surface area contributed by atoms with E-state index in [1.807, 2.05) is 12.1 Å². The van der Waals surface area contributed by atoms with Crippen LogP contribution in [0.15, 0.2) is 41.8 Å². The lowest BCUT2D eigenvalue weighted by Gasteiger charge is -2.20. The molecule has 0 atom stereocenters. The van der Waals surface area contributed by atoms with E-state index in [0.29, 0.717) is 31.5 Å². The van der Waals surface area contributed by atoms with Gasteiger partial charge in [0.25, 0.3) is 0 Å². The zero-order valence-corrected chi connectivity index (χ0v) is 16.9. The Kier molecular flexibility index (Phi) is 6.10. The zero-order chi connectivity index (χ0) is 19.4. The molecule has 3 rings (SSSR count). The number of ether oxygens (including phenoxy) is 2. The fraction of sp³-hybridized carbons (Fsp3) is 0.167. The quantitative estimate of drug-likeness (QED) is 0.528. The molecule has 9 heteroatoms. The molecule has 0 saturated heterocycles. The first-order valence-electron chi connectivity index (χ1n) is 7.80. The number of thiophene rings is 1. The molecule has 0 spiro atoms. The molecule has 2 heterocycles. The van der Waals surface area contributed by atoms with Crippen LogP contribution >= 0.6 is 34.3 Å². The summed E-state index contributed by atoms with van der Waals surface area (Å²) < 4.78 is 11.1. The number of aromatic nitrogens is 1. The molecule has 0 N–H and O–H groups in total. The van der Waals surface area contributed by atoms with Crippen LogP contribution in [0, 0.1) is 0 Å². The predicted molar refractivity (Wildman–Crippen MR) is 106 cm³/mol. The molecule has 0 aliphatic heterocycles. The molecular formula is C18H15ClN2O4S2. The summed E-state index contributed by atoms with van der Waals surface area (Å²) in [5.74, 6) is -0.106. The summed E-state index contributed by atoms with van der Waals surface area (Å²) >= 11 is 8.26. The van der Waals surface area contributed by atoms with Crippen LogP contribution in [0.2, 0.25) is 4.34 Å². The van der Waals surface area contributed by atoms with Gasteiger partial charge in [0.1, 0.15) is 17.2 Å². The lowest BCUT2D eigenvalue weighted by atomic mass is 10.2. The van der Waals surface area contributed by atoms with Crippen LogP contribution in [0.5, 0.6) is 5.75 Å². The minimum atomic E-state index is -0.463. The van der Waals surface area contributed by atoms with Crippen molar-refractivity contribution in [2.24, 2.45) is 0 Å². The van der Waals surface area contributed by atoms with Crippen LogP contribution in [0.25, 0.3) is 0 Å². The number of hydrogen-bond donors (Lipinski definition) is 0. The number of thiazole rings is 1. The van der Waals surface area contributed by atoms with E-state index in [1.165, 1.54) is 23.2 Å². The molecule has 0 bridgehead atoms. The van der Waals surface area contributed by atoms with Crippen molar-refractivity contribution in [3.05, 3.63) is 56.7 Å². The van der Waals surface area contributed by atoms with Gasteiger partial charge in [-0.2, -0.15) is 0 Å². The van der Waals surface area contributed by atoms with Gasteiger partial charge >= 0.3 is 5.97 Å². The molecule has 3 aromatic rings. The number of methoxy groups -OCH3 is 1. The molecule has 1 amide bonds. The van der Waals surface area contributed by atoms with Crippen LogP contribution in [-0.2, 0) is 16.1 Å². The van der Waals surface area contributed by atoms with Gasteiger partial charge in [-0.1, -0.05) is 23.7 Å². The van der Waals surface area contributed by atoms with Crippen LogP contribution in [0.3, 0.4) is 0 Å². The maximum Gasteiger partial charge on any atom is 0.348 e. The number of hydrogen-bond acceptors (Lipinski definition) is 7. The van der Waals surface area contributed by atoms with Gasteiger partial charge in [-0.15, -0.1) is 22.7 Å². The number of rotatable bonds is 6. The van der Waals surface area contributed by atoms with Gasteiger partial charge in [-0.3, -0.25) is 9.69 Å². The summed E-state index contributed by atoms with van der Waals surface area (Å²) in [7, 11) is 1.54. The van der Waals surface area contributed by atoms with E-state index >= 15 is 0 Å². The number of amides is 1. The molecule has 0 radical (unpaired) electrons. The minimum absolute atomic E-state index is 0.00250. The molecule has 1 aromatic carbocycles. The molecule has 0 fully saturated rings. The largest absolute Gasteiger partial charge is 0.495 e. The van der Waals surface area contributed by atoms with Crippen molar-refractivity contribution in [1.82, 2.24) is 4.98 Å². The first-order chi connectivity index (χ1) is 13.0. The summed E-state index contributed by atoms with van der Waals surface area (Å²) in [6.45, 7) is 1.45. The van der Waals surface area contributed by atoms with Gasteiger partial charge in [0.05, 0.1) is 22.8 Å². The maximum atomic E-state index is 12.2. The average molecular weight is 423 g/mol. The van der Waals surface area contributed by atoms with Crippen LogP contribution < -0.4 is 9.64 Å². The number of carbonyl (C=O) groups is 2. The Morgan fingerprint density at radius 1 is 1.22 bits per heavy atom. The molecule has 0 aliphatic rings. The number of halogens is 1. The van der Waals surface area contributed by atoms with E-state index in [2.05, 4.69) is 4.98 Å². The normalized spacial score (nSPS) is 10.5. The lowest BCUT2D eigenvalue weighted by Crippen LogP contribution is -2.23. The third kappa shape index (κ3) is 4.47. The summed E-state index contributed by atoms with van der Waals surface area (Å²) in [4.78, 5) is 30.5. The third-order valence-corrected chi connectivity index (χ3v) is 5.58. The van der Waals surface area contributed by atoms with Gasteiger partial charge in [0.15, 0.2) is 5.13 Å². The van der Waals surface area contributed by atoms with Crippen molar-refractivity contribution < 1.29 is 19.1 Å². The highest BCUT2D eigenvalue weighted by Gasteiger charge is 2.21. The van der Waals surface area contributed by atoms with Gasteiger partial charge in [0, 0.05) is 12.3 Å². The Hall–Kier alpha value is -2.42. The molecule has 0 unspecified atom stereocenters. The zero-order valence-electron chi connectivity index (χ0n) is 14.5. The van der Waals surface area contributed by atoms with Gasteiger partial charge < -0.3 is 9.47 Å². The lowest BCUT2D eigenvalue weighted by molar-refractivity contribution is -0.115. The number of anilines is 2. The Bertz CT molecular complexity index is 970. The number of carbonyl (C=O) groups excluding carboxylic acids is 2. The fourth-order valence-electron chi connectivity index (χ4n) is 2.32. The first kappa shape index (κ1) is 19.3. The Labute approximate surface area is 168 Å². The molecule has 6 nitrogen and oxygen atoms in total. The van der Waals surface area contributed by atoms with E-state index in [4.69, 9.17) is 21.1 Å². The van der Waals surface area contributed by atoms with Crippen molar-refractivity contribution in [3.63, 3.8) is 0 Å². The number of nitrogens with zero attached hydrogens (tertiary/aromatic N) is 2. The van der Waals surface area contributed by atoms with Crippen molar-refractivity contribution in [2.45, 2.75) is 13.5 Å². The summed E-state index contributed by atoms with van der Waals surface area (Å²) in [5, 5.41) is 2.22. The van der Waals surface area contributed by atoms with Crippen LogP contribution in [0.4, 0.5) is 10.8 Å². The highest BCUT2D eigenvalue weighted by atomic mass is 35.5. The number of benzene rings is 1. The minimum Gasteiger partial charge on any atom is -0.495 e. The van der Waals surface area contributed by atoms with E-state index in [0.717, 1.165) is 11.3 Å². The maximum absolute atomic E-state index is 12.2. The number of para-hydroxylation sites is 2. The van der Waals surface area contributed by atoms with Gasteiger partial charge in [-0.05, 0) is 24.3 Å². The van der Waals surface area contributed by atoms with E-state index in [9.17, 15) is 9.59 Å². The second-order valence-electron chi connectivity index (χ2n) is 5.33. The number of esters is 1. The molecule has 0 saturated carbocycles. The molecule has 140 valence electrons. The first-order valence-corrected chi connectivity index (χ1v) is 9.87. The summed E-state index contributed by atoms with van der Waals surface area (Å²) in [6.07, 6.45) is 0. The summed E-state index contributed by atoms with van der Waals surface area (Å²) in [5.41, 5.74) is 1.14. The van der Waals surface area contributed by atoms with E-state index in [-0.39, 0.29) is 12.5 Å². The second-order valence-corrected chi connectivity index (χ2v) is 7.88. The Morgan fingerprint density at radius 2 is 2.00 bits per heavy atom. The highest BCUT2D eigenvalue weighted by Crippen LogP contribution is 2.35. The van der Waals surface area contributed by atoms with Gasteiger partial charge in [-0.25, -0.2) is 9.78 Å². The topological polar surface area (TPSA) is 68.7 Å². The smallest absolute Gasteiger partial charge is 0.348 e. The van der Waals surface area contributed by atoms with Gasteiger partial charge in [0.2, 0.25) is 5.91 Å². The molecule has 0 aliphatic carbocycles. The average Bonchev–Trinajstić information content (AvgIpc) is 3.29. The standard InChI is InChI=1S/C18H15ClN2O4S2/c1-11(22)21(13-5-3-4-6-14(13)24-2)18-20-12(10-26-18)9-25-17(23)15-7-8-16(19)27-15/h3-8,10H,9H2,1-2H3. The SMILES string of the molecule is COc1ccccc1N(C(C)=O)c1nc(COC(=O)c2ccc(Cl)s2)cs1. The van der Waals surface area contributed by atoms with Crippen molar-refractivity contribution in [1.29, 1.82) is 0 Å². The third-order valence-electron chi connectivity index (χ3n) is 3.50. The molecule has 27 heavy (non-hydrogen) atoms. The van der Waals surface area contributed by atoms with Crippen LogP contribution in [-0.4, -0.2) is 24.0 Å². The highest BCUT2D eigenvalue weighted by molar-refractivity contribution is 7.17. The van der Waals surface area contributed by atoms with E-state index < -0.39 is 5.97 Å². The Morgan fingerprint density at radius 3 is 2.67 bits per heavy atom. The summed E-state index contributed by atoms with van der Waals surface area (Å²) in [6, 6.07) is 10.4. The predicted octanol–water partition coefficient (Wildman–Crippen LogP) is 4.91. The Balaban J connectivity index is 1.76. The monoisotopic (exact) mass is 422 g/mol. The van der Waals surface area contributed by atoms with E-state index in [1.54, 1.807) is 36.8 Å². The van der Waals surface area contributed by atoms with Crippen molar-refractivity contribution in [3.8, 4) is 5.75 Å². The molecular weight excluding hydrogens is 408 g/mol. The van der Waals surface area contributed by atoms with Crippen molar-refractivity contribution >= 4 is 57.0 Å². The second kappa shape index (κ2) is 8.51. The van der Waals surface area contributed by atoms with Crippen LogP contribution in [0.1, 0.15) is 22.3 Å².